The fourth-order valence-corrected chi connectivity index (χ4v) is 4.73. The second-order valence-corrected chi connectivity index (χ2v) is 43.1. The van der Waals surface area contributed by atoms with E-state index in [0.29, 0.717) is 11.8 Å². The fourth-order valence-electron chi connectivity index (χ4n) is 4.73. The molecule has 36 heavy (non-hydrogen) atoms. The number of halogens is 2. The Morgan fingerprint density at radius 3 is 1.36 bits per heavy atom. The third kappa shape index (κ3) is 7.25. The van der Waals surface area contributed by atoms with Crippen LogP contribution >= 0.6 is 17.2 Å². The van der Waals surface area contributed by atoms with Gasteiger partial charge in [0.25, 0.3) is 0 Å². The van der Waals surface area contributed by atoms with Crippen LogP contribution in [0.4, 0.5) is 0 Å². The van der Waals surface area contributed by atoms with Crippen molar-refractivity contribution in [3.63, 3.8) is 0 Å². The summed E-state index contributed by atoms with van der Waals surface area (Å²) < 4.78 is 0. The minimum atomic E-state index is -1.78. The maximum absolute atomic E-state index is 5.64. The Morgan fingerprint density at radius 2 is 1.08 bits per heavy atom. The Kier molecular flexibility index (Phi) is 9.80. The predicted octanol–water partition coefficient (Wildman–Crippen LogP) is 11.3. The summed E-state index contributed by atoms with van der Waals surface area (Å²) in [4.78, 5) is 0. The zero-order valence-electron chi connectivity index (χ0n) is 22.7. The molecule has 0 aromatic heterocycles. The molecule has 192 valence electrons. The average molecular weight is 702 g/mol. The molecule has 4 heteroatoms. The van der Waals surface area contributed by atoms with Gasteiger partial charge in [0.05, 0.1) is 0 Å². The van der Waals surface area contributed by atoms with Gasteiger partial charge < -0.3 is 0 Å². The second-order valence-electron chi connectivity index (χ2n) is 11.4. The summed E-state index contributed by atoms with van der Waals surface area (Å²) in [5.41, 5.74) is 5.93. The fraction of sp³-hybridized carbons (Fsp3) is 0.438. The molecule has 0 atom stereocenters. The van der Waals surface area contributed by atoms with E-state index in [4.69, 9.17) is 17.2 Å². The first kappa shape index (κ1) is 28.3. The molecule has 0 aliphatic heterocycles. The summed E-state index contributed by atoms with van der Waals surface area (Å²) >= 11 is -1.78. The first-order valence-corrected chi connectivity index (χ1v) is 30.3. The number of rotatable bonds is 4. The molecule has 6 rings (SSSR count). The summed E-state index contributed by atoms with van der Waals surface area (Å²) in [6.45, 7) is 13.4. The molecular weight excluding hydrogens is 662 g/mol. The van der Waals surface area contributed by atoms with Crippen molar-refractivity contribution in [1.29, 1.82) is 0 Å². The van der Waals surface area contributed by atoms with E-state index in [1.165, 1.54) is 58.4 Å². The van der Waals surface area contributed by atoms with Gasteiger partial charge in [-0.2, -0.15) is 12.1 Å². The molecule has 0 nitrogen and oxygen atoms in total. The number of hydrogen-bond acceptors (Lipinski definition) is 0. The molecule has 4 aromatic rings. The maximum atomic E-state index is 5.64. The van der Waals surface area contributed by atoms with Gasteiger partial charge >= 0.3 is 53.4 Å². The Bertz CT molecular complexity index is 1240. The normalized spacial score (nSPS) is 15.1. The average Bonchev–Trinajstić information content (AvgIpc) is 3.76. The van der Waals surface area contributed by atoms with Crippen molar-refractivity contribution in [3.05, 3.63) is 82.9 Å². The molecule has 0 amide bonds. The molecule has 0 spiro atoms. The van der Waals surface area contributed by atoms with Crippen LogP contribution in [0.15, 0.2) is 60.7 Å². The van der Waals surface area contributed by atoms with E-state index < -0.39 is 17.7 Å². The van der Waals surface area contributed by atoms with Gasteiger partial charge in [-0.3, -0.25) is 0 Å². The molecule has 4 aromatic carbocycles. The molecule has 0 saturated heterocycles. The van der Waals surface area contributed by atoms with Crippen LogP contribution in [0, 0.1) is 0 Å². The van der Waals surface area contributed by atoms with Gasteiger partial charge in [0.1, 0.15) is 0 Å². The van der Waals surface area contributed by atoms with E-state index in [2.05, 4.69) is 101 Å². The zero-order chi connectivity index (χ0) is 26.0. The first-order valence-electron chi connectivity index (χ1n) is 13.5. The van der Waals surface area contributed by atoms with Gasteiger partial charge in [0.15, 0.2) is 0 Å². The van der Waals surface area contributed by atoms with Crippen LogP contribution in [-0.4, -0.2) is 5.49 Å². The number of benzene rings is 2. The third-order valence-corrected chi connectivity index (χ3v) is 34.8. The van der Waals surface area contributed by atoms with Crippen molar-refractivity contribution >= 4 is 44.2 Å². The molecule has 2 fully saturated rings. The second kappa shape index (κ2) is 12.5. The standard InChI is InChI=1S/2C15H17.C2H6Si.2ClH.Hf/c2*1-10(2)13-8-12-4-3-5-14(11-6-7-11)15(12)9-13;1-3-2;;;/h2*3-5,8-11H,6-7H2,1-2H3;1-2H3;2*1H;/q2*-1;;;;+2/p-2. The van der Waals surface area contributed by atoms with Crippen molar-refractivity contribution in [2.24, 2.45) is 0 Å². The topological polar surface area (TPSA) is 0 Å². The van der Waals surface area contributed by atoms with Crippen LogP contribution in [0.1, 0.15) is 99.3 Å². The summed E-state index contributed by atoms with van der Waals surface area (Å²) in [5.74, 6) is 3.00. The van der Waals surface area contributed by atoms with E-state index in [9.17, 15) is 0 Å². The van der Waals surface area contributed by atoms with Gasteiger partial charge in [-0.1, -0.05) is 51.0 Å². The molecule has 0 radical (unpaired) electrons. The first-order chi connectivity index (χ1) is 17.2. The Morgan fingerprint density at radius 1 is 0.722 bits per heavy atom. The molecule has 0 N–H and O–H groups in total. The van der Waals surface area contributed by atoms with Gasteiger partial charge in [0, 0.05) is 0 Å². The van der Waals surface area contributed by atoms with Gasteiger partial charge in [-0.15, -0.1) is 69.1 Å². The van der Waals surface area contributed by atoms with Crippen molar-refractivity contribution in [3.8, 4) is 0 Å². The quantitative estimate of drug-likeness (QED) is 0.147. The van der Waals surface area contributed by atoms with Gasteiger partial charge in [-0.05, 0) is 49.4 Å². The predicted molar refractivity (Wildman–Crippen MR) is 160 cm³/mol. The van der Waals surface area contributed by atoms with E-state index in [0.717, 1.165) is 11.8 Å². The summed E-state index contributed by atoms with van der Waals surface area (Å²) in [6, 6.07) is 23.0. The van der Waals surface area contributed by atoms with Crippen molar-refractivity contribution in [2.75, 3.05) is 0 Å². The minimum absolute atomic E-state index is 0.208. The van der Waals surface area contributed by atoms with E-state index in [-0.39, 0.29) is 5.49 Å². The number of fused-ring (bicyclic) bond motifs is 2. The summed E-state index contributed by atoms with van der Waals surface area (Å²) in [5, 5.41) is 5.87. The molecule has 2 saturated carbocycles. The van der Waals surface area contributed by atoms with Crippen LogP contribution in [0.2, 0.25) is 13.1 Å². The van der Waals surface area contributed by atoms with E-state index in [1.807, 2.05) is 0 Å². The van der Waals surface area contributed by atoms with Gasteiger partial charge in [0.2, 0.25) is 0 Å². The molecule has 2 aliphatic rings. The van der Waals surface area contributed by atoms with E-state index >= 15 is 0 Å². The monoisotopic (exact) mass is 702 g/mol. The Balaban J connectivity index is 0.000000139. The summed E-state index contributed by atoms with van der Waals surface area (Å²) in [7, 11) is 11.3. The van der Waals surface area contributed by atoms with Crippen LogP contribution in [-0.2, 0) is 17.7 Å². The molecular formula is C32H40Cl2HfSi-2. The van der Waals surface area contributed by atoms with Crippen molar-refractivity contribution in [1.82, 2.24) is 0 Å². The van der Waals surface area contributed by atoms with Crippen LogP contribution in [0.5, 0.6) is 0 Å². The number of hydrogen-bond donors (Lipinski definition) is 0. The van der Waals surface area contributed by atoms with Crippen molar-refractivity contribution < 1.29 is 17.7 Å². The van der Waals surface area contributed by atoms with Crippen LogP contribution in [0.25, 0.3) is 21.5 Å². The third-order valence-electron chi connectivity index (χ3n) is 7.36. The van der Waals surface area contributed by atoms with E-state index in [1.54, 1.807) is 11.1 Å². The Hall–Kier alpha value is -0.673. The van der Waals surface area contributed by atoms with Crippen LogP contribution < -0.4 is 0 Å². The Labute approximate surface area is 233 Å². The SMILES string of the molecule is CC(C)c1cc2c(C3CC3)cccc2[cH-]1.CC(C)c1cc2c(C3CC3)cccc2[cH-]1.C[Si](C)=[Hf]([Cl])[Cl]. The van der Waals surface area contributed by atoms with Crippen molar-refractivity contribution in [2.45, 2.75) is 90.1 Å². The molecule has 2 aliphatic carbocycles. The molecule has 0 heterocycles. The zero-order valence-corrected chi connectivity index (χ0v) is 28.8. The molecule has 0 bridgehead atoms. The summed E-state index contributed by atoms with van der Waals surface area (Å²) in [6.07, 6.45) is 5.56. The van der Waals surface area contributed by atoms with Crippen LogP contribution in [0.3, 0.4) is 0 Å². The van der Waals surface area contributed by atoms with Gasteiger partial charge in [-0.25, -0.2) is 0 Å². The molecule has 0 unspecified atom stereocenters.